The van der Waals surface area contributed by atoms with Gasteiger partial charge in [-0.2, -0.15) is 0 Å². The van der Waals surface area contributed by atoms with Crippen molar-refractivity contribution in [2.24, 2.45) is 0 Å². The predicted octanol–water partition coefficient (Wildman–Crippen LogP) is 3.67. The first-order chi connectivity index (χ1) is 8.72. The molecule has 2 rings (SSSR count). The van der Waals surface area contributed by atoms with E-state index < -0.39 is 0 Å². The van der Waals surface area contributed by atoms with Crippen molar-refractivity contribution in [3.8, 4) is 0 Å². The van der Waals surface area contributed by atoms with E-state index in [1.807, 2.05) is 37.3 Å². The van der Waals surface area contributed by atoms with Crippen molar-refractivity contribution < 1.29 is 9.53 Å². The maximum atomic E-state index is 11.7. The van der Waals surface area contributed by atoms with Crippen molar-refractivity contribution in [2.45, 2.75) is 26.7 Å². The first-order valence-corrected chi connectivity index (χ1v) is 6.44. The number of hydrogen-bond donors (Lipinski definition) is 0. The molecule has 0 unspecified atom stereocenters. The number of hydrogen-bond acceptors (Lipinski definition) is 2. The summed E-state index contributed by atoms with van der Waals surface area (Å²) in [5.74, 6) is 0.780. The zero-order valence-electron chi connectivity index (χ0n) is 11.0. The number of ether oxygens (including phenoxy) is 1. The Morgan fingerprint density at radius 3 is 2.72 bits per heavy atom. The number of amides is 1. The van der Waals surface area contributed by atoms with Gasteiger partial charge in [0, 0.05) is 6.54 Å². The average Bonchev–Trinajstić information content (AvgIpc) is 2.78. The second kappa shape index (κ2) is 5.71. The molecule has 0 aromatic heterocycles. The standard InChI is InChI=1S/C15H19NO2/c1-3-4-10-16-11-14(18-15(16)17)12(2)13-8-6-5-7-9-13/h5-9H,3-4,10-11H2,1-2H3/b14-12+. The monoisotopic (exact) mass is 245 g/mol. The summed E-state index contributed by atoms with van der Waals surface area (Å²) in [7, 11) is 0. The van der Waals surface area contributed by atoms with Crippen molar-refractivity contribution >= 4 is 11.7 Å². The van der Waals surface area contributed by atoms with Crippen molar-refractivity contribution in [1.29, 1.82) is 0 Å². The number of allylic oxidation sites excluding steroid dienone is 1. The van der Waals surface area contributed by atoms with Crippen molar-refractivity contribution in [3.63, 3.8) is 0 Å². The molecule has 1 heterocycles. The Morgan fingerprint density at radius 1 is 1.33 bits per heavy atom. The second-order valence-corrected chi connectivity index (χ2v) is 4.56. The summed E-state index contributed by atoms with van der Waals surface area (Å²) in [6.45, 7) is 5.50. The van der Waals surface area contributed by atoms with Gasteiger partial charge in [0.25, 0.3) is 0 Å². The van der Waals surface area contributed by atoms with Crippen LogP contribution in [0.2, 0.25) is 0 Å². The van der Waals surface area contributed by atoms with Crippen LogP contribution in [-0.4, -0.2) is 24.1 Å². The number of cyclic esters (lactones) is 1. The third kappa shape index (κ3) is 2.73. The molecule has 0 spiro atoms. The molecule has 1 aromatic rings. The quantitative estimate of drug-likeness (QED) is 0.810. The first kappa shape index (κ1) is 12.7. The van der Waals surface area contributed by atoms with Gasteiger partial charge in [-0.25, -0.2) is 4.79 Å². The van der Waals surface area contributed by atoms with E-state index in [-0.39, 0.29) is 6.09 Å². The van der Waals surface area contributed by atoms with Crippen LogP contribution in [0.15, 0.2) is 36.1 Å². The molecule has 1 aliphatic rings. The molecule has 1 saturated heterocycles. The Hall–Kier alpha value is -1.77. The summed E-state index contributed by atoms with van der Waals surface area (Å²) < 4.78 is 5.35. The summed E-state index contributed by atoms with van der Waals surface area (Å²) in [5.41, 5.74) is 2.15. The summed E-state index contributed by atoms with van der Waals surface area (Å²) in [6.07, 6.45) is 1.89. The minimum Gasteiger partial charge on any atom is -0.412 e. The number of rotatable bonds is 4. The molecule has 0 aliphatic carbocycles. The van der Waals surface area contributed by atoms with Gasteiger partial charge in [-0.1, -0.05) is 43.7 Å². The molecule has 0 saturated carbocycles. The van der Waals surface area contributed by atoms with Crippen LogP contribution >= 0.6 is 0 Å². The number of unbranched alkanes of at least 4 members (excludes halogenated alkanes) is 1. The van der Waals surface area contributed by atoms with Crippen LogP contribution in [0.5, 0.6) is 0 Å². The molecular formula is C15H19NO2. The lowest BCUT2D eigenvalue weighted by molar-refractivity contribution is 0.168. The lowest BCUT2D eigenvalue weighted by Gasteiger charge is -2.10. The van der Waals surface area contributed by atoms with Crippen LogP contribution in [0.25, 0.3) is 5.57 Å². The van der Waals surface area contributed by atoms with Crippen LogP contribution < -0.4 is 0 Å². The van der Waals surface area contributed by atoms with E-state index in [0.29, 0.717) is 6.54 Å². The van der Waals surface area contributed by atoms with Gasteiger partial charge >= 0.3 is 6.09 Å². The lowest BCUT2D eigenvalue weighted by Crippen LogP contribution is -2.24. The Labute approximate surface area is 108 Å². The summed E-state index contributed by atoms with van der Waals surface area (Å²) in [6, 6.07) is 10.0. The van der Waals surface area contributed by atoms with Crippen LogP contribution in [0, 0.1) is 0 Å². The topological polar surface area (TPSA) is 29.5 Å². The zero-order valence-corrected chi connectivity index (χ0v) is 11.0. The molecular weight excluding hydrogens is 226 g/mol. The van der Waals surface area contributed by atoms with E-state index in [9.17, 15) is 4.79 Å². The second-order valence-electron chi connectivity index (χ2n) is 4.56. The van der Waals surface area contributed by atoms with Crippen molar-refractivity contribution in [2.75, 3.05) is 13.1 Å². The van der Waals surface area contributed by atoms with Crippen molar-refractivity contribution in [1.82, 2.24) is 4.90 Å². The Balaban J connectivity index is 2.13. The molecule has 0 radical (unpaired) electrons. The maximum Gasteiger partial charge on any atom is 0.415 e. The normalized spacial score (nSPS) is 17.9. The highest BCUT2D eigenvalue weighted by molar-refractivity contribution is 5.77. The summed E-state index contributed by atoms with van der Waals surface area (Å²) in [5, 5.41) is 0. The molecule has 1 aromatic carbocycles. The van der Waals surface area contributed by atoms with E-state index in [0.717, 1.165) is 36.3 Å². The smallest absolute Gasteiger partial charge is 0.412 e. The molecule has 0 N–H and O–H groups in total. The van der Waals surface area contributed by atoms with Crippen LogP contribution in [0.3, 0.4) is 0 Å². The average molecular weight is 245 g/mol. The number of nitrogens with zero attached hydrogens (tertiary/aromatic N) is 1. The molecule has 18 heavy (non-hydrogen) atoms. The predicted molar refractivity (Wildman–Crippen MR) is 72.0 cm³/mol. The Kier molecular flexibility index (Phi) is 4.03. The Bertz CT molecular complexity index is 451. The lowest BCUT2D eigenvalue weighted by atomic mass is 10.1. The zero-order chi connectivity index (χ0) is 13.0. The fourth-order valence-electron chi connectivity index (χ4n) is 2.00. The number of benzene rings is 1. The first-order valence-electron chi connectivity index (χ1n) is 6.44. The molecule has 0 bridgehead atoms. The Morgan fingerprint density at radius 2 is 2.06 bits per heavy atom. The molecule has 1 fully saturated rings. The summed E-state index contributed by atoms with van der Waals surface area (Å²) in [4.78, 5) is 13.5. The highest BCUT2D eigenvalue weighted by Crippen LogP contribution is 2.24. The van der Waals surface area contributed by atoms with Gasteiger partial charge < -0.3 is 9.64 Å². The van der Waals surface area contributed by atoms with Gasteiger partial charge in [0.15, 0.2) is 0 Å². The van der Waals surface area contributed by atoms with Gasteiger partial charge in [-0.05, 0) is 24.5 Å². The third-order valence-corrected chi connectivity index (χ3v) is 3.21. The highest BCUT2D eigenvalue weighted by atomic mass is 16.6. The molecule has 0 atom stereocenters. The number of carbonyl (C=O) groups excluding carboxylic acids is 1. The van der Waals surface area contributed by atoms with Gasteiger partial charge in [0.2, 0.25) is 0 Å². The minimum atomic E-state index is -0.214. The molecule has 3 nitrogen and oxygen atoms in total. The fraction of sp³-hybridized carbons (Fsp3) is 0.400. The summed E-state index contributed by atoms with van der Waals surface area (Å²) >= 11 is 0. The van der Waals surface area contributed by atoms with Gasteiger partial charge in [-0.15, -0.1) is 0 Å². The largest absolute Gasteiger partial charge is 0.415 e. The van der Waals surface area contributed by atoms with E-state index in [2.05, 4.69) is 6.92 Å². The van der Waals surface area contributed by atoms with Crippen LogP contribution in [0.4, 0.5) is 4.79 Å². The SMILES string of the molecule is CCCCN1C/C(=C(/C)c2ccccc2)OC1=O. The van der Waals surface area contributed by atoms with Crippen molar-refractivity contribution in [3.05, 3.63) is 41.7 Å². The van der Waals surface area contributed by atoms with E-state index >= 15 is 0 Å². The van der Waals surface area contributed by atoms with Crippen LogP contribution in [0.1, 0.15) is 32.3 Å². The van der Waals surface area contributed by atoms with E-state index in [1.54, 1.807) is 4.90 Å². The number of carbonyl (C=O) groups is 1. The fourth-order valence-corrected chi connectivity index (χ4v) is 2.00. The third-order valence-electron chi connectivity index (χ3n) is 3.21. The van der Waals surface area contributed by atoms with Gasteiger partial charge in [0.05, 0.1) is 6.54 Å². The maximum absolute atomic E-state index is 11.7. The molecule has 3 heteroatoms. The van der Waals surface area contributed by atoms with E-state index in [4.69, 9.17) is 4.74 Å². The molecule has 96 valence electrons. The van der Waals surface area contributed by atoms with E-state index in [1.165, 1.54) is 0 Å². The molecule has 1 amide bonds. The highest BCUT2D eigenvalue weighted by Gasteiger charge is 2.27. The van der Waals surface area contributed by atoms with Crippen LogP contribution in [-0.2, 0) is 4.74 Å². The minimum absolute atomic E-state index is 0.214. The van der Waals surface area contributed by atoms with Gasteiger partial charge in [0.1, 0.15) is 5.76 Å². The van der Waals surface area contributed by atoms with Gasteiger partial charge in [-0.3, -0.25) is 0 Å². The molecule has 1 aliphatic heterocycles.